The van der Waals surface area contributed by atoms with E-state index in [4.69, 9.17) is 5.73 Å². The van der Waals surface area contributed by atoms with Crippen LogP contribution in [0.4, 0.5) is 0 Å². The molecular formula is C12H19N5O2. The van der Waals surface area contributed by atoms with E-state index < -0.39 is 5.91 Å². The van der Waals surface area contributed by atoms with E-state index in [0.29, 0.717) is 11.3 Å². The van der Waals surface area contributed by atoms with Gasteiger partial charge in [0.25, 0.3) is 5.91 Å². The molecule has 1 aromatic rings. The van der Waals surface area contributed by atoms with Gasteiger partial charge >= 0.3 is 0 Å². The fourth-order valence-electron chi connectivity index (χ4n) is 2.37. The highest BCUT2D eigenvalue weighted by Crippen LogP contribution is 2.16. The van der Waals surface area contributed by atoms with Gasteiger partial charge < -0.3 is 16.0 Å². The van der Waals surface area contributed by atoms with Crippen LogP contribution in [0.15, 0.2) is 6.20 Å². The minimum absolute atomic E-state index is 0.0475. The van der Waals surface area contributed by atoms with Gasteiger partial charge in [-0.1, -0.05) is 0 Å². The van der Waals surface area contributed by atoms with Gasteiger partial charge in [-0.15, -0.1) is 0 Å². The van der Waals surface area contributed by atoms with Gasteiger partial charge in [0, 0.05) is 11.7 Å². The van der Waals surface area contributed by atoms with Crippen LogP contribution in [0.5, 0.6) is 0 Å². The number of H-pyrrole nitrogens is 1. The zero-order chi connectivity index (χ0) is 13.8. The second-order valence-electron chi connectivity index (χ2n) is 4.79. The lowest BCUT2D eigenvalue weighted by Gasteiger charge is -2.33. The molecule has 2 heterocycles. The van der Waals surface area contributed by atoms with Crippen LogP contribution >= 0.6 is 0 Å². The molecule has 0 atom stereocenters. The van der Waals surface area contributed by atoms with Crippen molar-refractivity contribution in [3.05, 3.63) is 17.5 Å². The predicted molar refractivity (Wildman–Crippen MR) is 69.4 cm³/mol. The summed E-state index contributed by atoms with van der Waals surface area (Å²) in [7, 11) is 0. The molecule has 0 aromatic carbocycles. The van der Waals surface area contributed by atoms with Crippen molar-refractivity contribution in [2.45, 2.75) is 25.8 Å². The number of amides is 2. The lowest BCUT2D eigenvalue weighted by Crippen LogP contribution is -2.49. The maximum atomic E-state index is 12.5. The van der Waals surface area contributed by atoms with Gasteiger partial charge in [-0.3, -0.25) is 14.7 Å². The van der Waals surface area contributed by atoms with Gasteiger partial charge in [0.05, 0.1) is 18.3 Å². The molecule has 0 spiro atoms. The summed E-state index contributed by atoms with van der Waals surface area (Å²) in [5.74, 6) is -0.676. The minimum atomic E-state index is -0.493. The van der Waals surface area contributed by atoms with E-state index >= 15 is 0 Å². The molecule has 7 nitrogen and oxygen atoms in total. The van der Waals surface area contributed by atoms with Crippen LogP contribution in [0.2, 0.25) is 0 Å². The van der Waals surface area contributed by atoms with E-state index in [1.165, 1.54) is 6.20 Å². The topological polar surface area (TPSA) is 104 Å². The van der Waals surface area contributed by atoms with Gasteiger partial charge in [-0.2, -0.15) is 5.10 Å². The lowest BCUT2D eigenvalue weighted by atomic mass is 10.0. The highest BCUT2D eigenvalue weighted by molar-refractivity contribution is 5.97. The highest BCUT2D eigenvalue weighted by Gasteiger charge is 2.28. The number of aromatic nitrogens is 2. The van der Waals surface area contributed by atoms with Crippen molar-refractivity contribution in [2.24, 2.45) is 5.73 Å². The third-order valence-electron chi connectivity index (χ3n) is 3.40. The molecule has 0 aliphatic carbocycles. The Morgan fingerprint density at radius 3 is 2.68 bits per heavy atom. The summed E-state index contributed by atoms with van der Waals surface area (Å²) < 4.78 is 0. The van der Waals surface area contributed by atoms with Crippen LogP contribution < -0.4 is 11.1 Å². The van der Waals surface area contributed by atoms with Crippen LogP contribution in [-0.4, -0.2) is 52.6 Å². The summed E-state index contributed by atoms with van der Waals surface area (Å²) in [5, 5.41) is 9.82. The number of hydrogen-bond donors (Lipinski definition) is 3. The number of nitrogens with one attached hydrogen (secondary N) is 2. The first-order valence-corrected chi connectivity index (χ1v) is 6.39. The average Bonchev–Trinajstić information content (AvgIpc) is 2.82. The van der Waals surface area contributed by atoms with Gasteiger partial charge in [-0.05, 0) is 32.9 Å². The number of aryl methyl sites for hydroxylation is 1. The molecule has 104 valence electrons. The summed E-state index contributed by atoms with van der Waals surface area (Å²) in [6.45, 7) is 3.42. The zero-order valence-corrected chi connectivity index (χ0v) is 11.0. The number of piperidine rings is 1. The normalized spacial score (nSPS) is 16.3. The Kier molecular flexibility index (Phi) is 4.16. The molecule has 1 aliphatic rings. The van der Waals surface area contributed by atoms with Crippen LogP contribution in [0.3, 0.4) is 0 Å². The Balaban J connectivity index is 2.19. The second kappa shape index (κ2) is 5.83. The molecule has 19 heavy (non-hydrogen) atoms. The third kappa shape index (κ3) is 3.11. The van der Waals surface area contributed by atoms with Crippen molar-refractivity contribution in [3.63, 3.8) is 0 Å². The largest absolute Gasteiger partial charge is 0.368 e. The Morgan fingerprint density at radius 1 is 1.47 bits per heavy atom. The summed E-state index contributed by atoms with van der Waals surface area (Å²) in [6, 6.07) is 0.0514. The van der Waals surface area contributed by atoms with Crippen molar-refractivity contribution in [1.82, 2.24) is 20.4 Å². The Bertz CT molecular complexity index is 464. The first kappa shape index (κ1) is 13.5. The van der Waals surface area contributed by atoms with Gasteiger partial charge in [0.1, 0.15) is 0 Å². The number of carbonyl (C=O) groups is 2. The van der Waals surface area contributed by atoms with E-state index in [1.807, 2.05) is 0 Å². The van der Waals surface area contributed by atoms with E-state index in [1.54, 1.807) is 11.8 Å². The Hall–Kier alpha value is -1.89. The fourth-order valence-corrected chi connectivity index (χ4v) is 2.37. The average molecular weight is 265 g/mol. The number of primary amides is 1. The molecule has 4 N–H and O–H groups in total. The van der Waals surface area contributed by atoms with Crippen molar-refractivity contribution in [2.75, 3.05) is 19.6 Å². The van der Waals surface area contributed by atoms with Gasteiger partial charge in [-0.25, -0.2) is 0 Å². The first-order valence-electron chi connectivity index (χ1n) is 6.39. The maximum absolute atomic E-state index is 12.5. The van der Waals surface area contributed by atoms with Crippen LogP contribution in [-0.2, 0) is 4.79 Å². The Morgan fingerprint density at radius 2 is 2.16 bits per heavy atom. The quantitative estimate of drug-likeness (QED) is 0.676. The van der Waals surface area contributed by atoms with E-state index in [2.05, 4.69) is 15.5 Å². The van der Waals surface area contributed by atoms with Crippen molar-refractivity contribution in [3.8, 4) is 0 Å². The van der Waals surface area contributed by atoms with Crippen LogP contribution in [0.1, 0.15) is 28.9 Å². The number of rotatable bonds is 4. The molecule has 1 fully saturated rings. The molecule has 0 saturated carbocycles. The molecule has 7 heteroatoms. The number of aromatic amines is 1. The van der Waals surface area contributed by atoms with Crippen molar-refractivity contribution in [1.29, 1.82) is 0 Å². The zero-order valence-electron chi connectivity index (χ0n) is 11.0. The smallest absolute Gasteiger partial charge is 0.258 e. The Labute approximate surface area is 111 Å². The van der Waals surface area contributed by atoms with Crippen LogP contribution in [0, 0.1) is 6.92 Å². The second-order valence-corrected chi connectivity index (χ2v) is 4.79. The molecule has 0 unspecified atom stereocenters. The number of carbonyl (C=O) groups excluding carboxylic acids is 2. The molecular weight excluding hydrogens is 246 g/mol. The summed E-state index contributed by atoms with van der Waals surface area (Å²) >= 11 is 0. The molecule has 2 amide bonds. The number of nitrogens with two attached hydrogens (primary N) is 1. The number of nitrogens with zero attached hydrogens (tertiary/aromatic N) is 2. The van der Waals surface area contributed by atoms with Gasteiger partial charge in [0.15, 0.2) is 0 Å². The molecule has 1 aliphatic heterocycles. The third-order valence-corrected chi connectivity index (χ3v) is 3.40. The lowest BCUT2D eigenvalue weighted by molar-refractivity contribution is -0.119. The maximum Gasteiger partial charge on any atom is 0.258 e. The SMILES string of the molecule is Cc1[nH]ncc1C(=O)N(CC(N)=O)C1CCNCC1. The van der Waals surface area contributed by atoms with Crippen LogP contribution in [0.25, 0.3) is 0 Å². The first-order chi connectivity index (χ1) is 9.09. The number of hydrogen-bond acceptors (Lipinski definition) is 4. The van der Waals surface area contributed by atoms with E-state index in [-0.39, 0.29) is 18.5 Å². The highest BCUT2D eigenvalue weighted by atomic mass is 16.2. The summed E-state index contributed by atoms with van der Waals surface area (Å²) in [5.41, 5.74) is 6.46. The predicted octanol–water partition coefficient (Wildman–Crippen LogP) is -0.602. The molecule has 0 bridgehead atoms. The molecule has 1 saturated heterocycles. The molecule has 2 rings (SSSR count). The minimum Gasteiger partial charge on any atom is -0.368 e. The summed E-state index contributed by atoms with van der Waals surface area (Å²) in [4.78, 5) is 25.3. The molecule has 1 aromatic heterocycles. The summed E-state index contributed by atoms with van der Waals surface area (Å²) in [6.07, 6.45) is 3.15. The standard InChI is InChI=1S/C12H19N5O2/c1-8-10(6-15-16-8)12(19)17(7-11(13)18)9-2-4-14-5-3-9/h6,9,14H,2-5,7H2,1H3,(H2,13,18)(H,15,16). The van der Waals surface area contributed by atoms with E-state index in [0.717, 1.165) is 25.9 Å². The van der Waals surface area contributed by atoms with E-state index in [9.17, 15) is 9.59 Å². The monoisotopic (exact) mass is 265 g/mol. The van der Waals surface area contributed by atoms with Crippen molar-refractivity contribution >= 4 is 11.8 Å². The fraction of sp³-hybridized carbons (Fsp3) is 0.583. The van der Waals surface area contributed by atoms with Crippen molar-refractivity contribution < 1.29 is 9.59 Å². The van der Waals surface area contributed by atoms with Gasteiger partial charge in [0.2, 0.25) is 5.91 Å². The molecule has 0 radical (unpaired) electrons.